The van der Waals surface area contributed by atoms with Gasteiger partial charge in [0.05, 0.1) is 11.7 Å². The van der Waals surface area contributed by atoms with Crippen LogP contribution in [0.15, 0.2) is 47.1 Å². The fourth-order valence-electron chi connectivity index (χ4n) is 1.93. The number of furan rings is 1. The summed E-state index contributed by atoms with van der Waals surface area (Å²) < 4.78 is 5.29. The van der Waals surface area contributed by atoms with Crippen LogP contribution < -0.4 is 5.73 Å². The summed E-state index contributed by atoms with van der Waals surface area (Å²) >= 11 is 5.77. The molecular formula is C14H14ClNO2. The van der Waals surface area contributed by atoms with Gasteiger partial charge in [-0.15, -0.1) is 0 Å². The summed E-state index contributed by atoms with van der Waals surface area (Å²) in [5, 5.41) is -0.426. The van der Waals surface area contributed by atoms with Crippen LogP contribution in [0.2, 0.25) is 0 Å². The zero-order valence-electron chi connectivity index (χ0n) is 10.0. The Labute approximate surface area is 111 Å². The molecule has 0 bridgehead atoms. The number of hydrogen-bond donors (Lipinski definition) is 1. The first-order valence-electron chi connectivity index (χ1n) is 5.61. The molecule has 18 heavy (non-hydrogen) atoms. The molecule has 0 saturated heterocycles. The molecule has 1 atom stereocenters. The first-order valence-corrected chi connectivity index (χ1v) is 5.98. The van der Waals surface area contributed by atoms with Gasteiger partial charge in [-0.1, -0.05) is 12.1 Å². The topological polar surface area (TPSA) is 56.2 Å². The van der Waals surface area contributed by atoms with Gasteiger partial charge in [0.25, 0.3) is 0 Å². The monoisotopic (exact) mass is 263 g/mol. The van der Waals surface area contributed by atoms with E-state index in [1.807, 2.05) is 18.2 Å². The third-order valence-electron chi connectivity index (χ3n) is 3.07. The minimum Gasteiger partial charge on any atom is -0.469 e. The molecule has 0 aliphatic heterocycles. The van der Waals surface area contributed by atoms with Crippen LogP contribution in [0.5, 0.6) is 0 Å². The molecule has 2 rings (SSSR count). The smallest absolute Gasteiger partial charge is 0.232 e. The lowest BCUT2D eigenvalue weighted by Crippen LogP contribution is -2.31. The van der Waals surface area contributed by atoms with Gasteiger partial charge in [-0.3, -0.25) is 4.79 Å². The number of rotatable bonds is 4. The van der Waals surface area contributed by atoms with E-state index >= 15 is 0 Å². The maximum absolute atomic E-state index is 11.8. The van der Waals surface area contributed by atoms with Crippen LogP contribution in [0.3, 0.4) is 0 Å². The lowest BCUT2D eigenvalue weighted by molar-refractivity contribution is -0.116. The van der Waals surface area contributed by atoms with E-state index in [0.717, 1.165) is 5.56 Å². The number of hydrogen-bond acceptors (Lipinski definition) is 3. The minimum absolute atomic E-state index is 0.409. The molecule has 0 fully saturated rings. The molecule has 1 aromatic carbocycles. The highest BCUT2D eigenvalue weighted by molar-refractivity contribution is 6.65. The summed E-state index contributed by atoms with van der Waals surface area (Å²) in [5.74, 6) is 0.717. The lowest BCUT2D eigenvalue weighted by atomic mass is 9.80. The van der Waals surface area contributed by atoms with Crippen LogP contribution in [-0.4, -0.2) is 5.24 Å². The van der Waals surface area contributed by atoms with Crippen LogP contribution >= 0.6 is 11.6 Å². The highest BCUT2D eigenvalue weighted by Gasteiger charge is 2.35. The average Bonchev–Trinajstić information content (AvgIpc) is 2.81. The van der Waals surface area contributed by atoms with Gasteiger partial charge in [-0.05, 0) is 48.4 Å². The maximum Gasteiger partial charge on any atom is 0.232 e. The molecule has 4 heteroatoms. The van der Waals surface area contributed by atoms with E-state index in [2.05, 4.69) is 0 Å². The number of carbonyl (C=O) groups excluding carboxylic acids is 1. The number of nitrogens with two attached hydrogens (primary N) is 1. The Bertz CT molecular complexity index is 551. The molecular weight excluding hydrogens is 250 g/mol. The van der Waals surface area contributed by atoms with E-state index in [-0.39, 0.29) is 0 Å². The second-order valence-corrected chi connectivity index (χ2v) is 4.83. The van der Waals surface area contributed by atoms with Gasteiger partial charge in [0.1, 0.15) is 5.76 Å². The van der Waals surface area contributed by atoms with Gasteiger partial charge in [-0.25, -0.2) is 0 Å². The molecule has 1 unspecified atom stereocenters. The zero-order valence-corrected chi connectivity index (χ0v) is 10.8. The molecule has 0 aliphatic rings. The van der Waals surface area contributed by atoms with Gasteiger partial charge >= 0.3 is 0 Å². The Morgan fingerprint density at radius 1 is 1.39 bits per heavy atom. The van der Waals surface area contributed by atoms with E-state index in [0.29, 0.717) is 17.9 Å². The molecule has 1 heterocycles. The molecule has 0 spiro atoms. The van der Waals surface area contributed by atoms with E-state index in [4.69, 9.17) is 21.8 Å². The highest BCUT2D eigenvalue weighted by Crippen LogP contribution is 2.32. The fraction of sp³-hybridized carbons (Fsp3) is 0.214. The predicted octanol–water partition coefficient (Wildman–Crippen LogP) is 3.13. The van der Waals surface area contributed by atoms with Gasteiger partial charge in [0, 0.05) is 12.1 Å². The highest BCUT2D eigenvalue weighted by atomic mass is 35.5. The Morgan fingerprint density at radius 3 is 2.72 bits per heavy atom. The fourth-order valence-corrected chi connectivity index (χ4v) is 2.10. The van der Waals surface area contributed by atoms with Gasteiger partial charge < -0.3 is 10.2 Å². The largest absolute Gasteiger partial charge is 0.469 e. The molecule has 0 aliphatic carbocycles. The van der Waals surface area contributed by atoms with Crippen LogP contribution in [-0.2, 0) is 16.6 Å². The van der Waals surface area contributed by atoms with Crippen LogP contribution in [0.1, 0.15) is 18.2 Å². The Balaban J connectivity index is 2.41. The van der Waals surface area contributed by atoms with Crippen LogP contribution in [0.4, 0.5) is 5.69 Å². The van der Waals surface area contributed by atoms with E-state index in [1.54, 1.807) is 31.4 Å². The molecule has 1 aromatic heterocycles. The van der Waals surface area contributed by atoms with Crippen molar-refractivity contribution in [3.05, 3.63) is 54.0 Å². The first kappa shape index (κ1) is 12.7. The predicted molar refractivity (Wildman–Crippen MR) is 71.5 cm³/mol. The third-order valence-corrected chi connectivity index (χ3v) is 3.48. The number of anilines is 1. The second kappa shape index (κ2) is 4.86. The van der Waals surface area contributed by atoms with Crippen molar-refractivity contribution in [2.75, 3.05) is 5.73 Å². The maximum atomic E-state index is 11.8. The first-order chi connectivity index (χ1) is 8.52. The van der Waals surface area contributed by atoms with Crippen molar-refractivity contribution in [2.45, 2.75) is 18.8 Å². The number of nitrogen functional groups attached to an aromatic ring is 1. The summed E-state index contributed by atoms with van der Waals surface area (Å²) in [6.07, 6.45) is 1.99. The van der Waals surface area contributed by atoms with Crippen LogP contribution in [0.25, 0.3) is 0 Å². The molecule has 3 nitrogen and oxygen atoms in total. The van der Waals surface area contributed by atoms with E-state index < -0.39 is 10.7 Å². The summed E-state index contributed by atoms with van der Waals surface area (Å²) in [6, 6.07) is 10.8. The quantitative estimate of drug-likeness (QED) is 0.681. The van der Waals surface area contributed by atoms with E-state index in [1.165, 1.54) is 0 Å². The Morgan fingerprint density at radius 2 is 2.17 bits per heavy atom. The van der Waals surface area contributed by atoms with Crippen LogP contribution in [0, 0.1) is 0 Å². The van der Waals surface area contributed by atoms with Crippen molar-refractivity contribution < 1.29 is 9.21 Å². The van der Waals surface area contributed by atoms with E-state index in [9.17, 15) is 4.79 Å². The average molecular weight is 264 g/mol. The van der Waals surface area contributed by atoms with Gasteiger partial charge in [0.15, 0.2) is 0 Å². The summed E-state index contributed by atoms with van der Waals surface area (Å²) in [5.41, 5.74) is 6.31. The summed E-state index contributed by atoms with van der Waals surface area (Å²) in [4.78, 5) is 11.8. The molecule has 0 amide bonds. The van der Waals surface area contributed by atoms with Crippen molar-refractivity contribution in [1.29, 1.82) is 0 Å². The van der Waals surface area contributed by atoms with Crippen molar-refractivity contribution >= 4 is 22.5 Å². The molecule has 0 saturated carbocycles. The molecule has 2 aromatic rings. The van der Waals surface area contributed by atoms with Gasteiger partial charge in [-0.2, -0.15) is 0 Å². The summed E-state index contributed by atoms with van der Waals surface area (Å²) in [6.45, 7) is 1.79. The van der Waals surface area contributed by atoms with Gasteiger partial charge in [0.2, 0.25) is 5.24 Å². The van der Waals surface area contributed by atoms with Crippen molar-refractivity contribution in [2.24, 2.45) is 0 Å². The molecule has 0 radical (unpaired) electrons. The third kappa shape index (κ3) is 2.41. The van der Waals surface area contributed by atoms with Crippen molar-refractivity contribution in [3.63, 3.8) is 0 Å². The second-order valence-electron chi connectivity index (χ2n) is 4.49. The molecule has 94 valence electrons. The molecule has 2 N–H and O–H groups in total. The zero-order chi connectivity index (χ0) is 13.2. The summed E-state index contributed by atoms with van der Waals surface area (Å²) in [7, 11) is 0. The Kier molecular flexibility index (Phi) is 3.43. The normalized spacial score (nSPS) is 14.1. The number of benzene rings is 1. The Hall–Kier alpha value is -1.74. The van der Waals surface area contributed by atoms with Crippen molar-refractivity contribution in [1.82, 2.24) is 0 Å². The number of halogens is 1. The lowest BCUT2D eigenvalue weighted by Gasteiger charge is -2.25. The minimum atomic E-state index is -0.839. The standard InChI is InChI=1S/C14H14ClNO2/c1-14(13(15)17,9-12-6-3-7-18-12)10-4-2-5-11(16)8-10/h2-8H,9,16H2,1H3. The van der Waals surface area contributed by atoms with Crippen molar-refractivity contribution in [3.8, 4) is 0 Å². The SMILES string of the molecule is CC(Cc1ccco1)(C(=O)Cl)c1cccc(N)c1. The number of carbonyl (C=O) groups is 1.